The van der Waals surface area contributed by atoms with Crippen LogP contribution in [0.3, 0.4) is 0 Å². The molecule has 2 rings (SSSR count). The number of hydrogen-bond donors (Lipinski definition) is 1. The summed E-state index contributed by atoms with van der Waals surface area (Å²) in [5.41, 5.74) is 1.26. The van der Waals surface area contributed by atoms with Crippen LogP contribution < -0.4 is 17.7 Å². The third-order valence-corrected chi connectivity index (χ3v) is 2.89. The molecule has 0 radical (unpaired) electrons. The van der Waals surface area contributed by atoms with E-state index in [2.05, 4.69) is 5.32 Å². The van der Waals surface area contributed by atoms with Crippen molar-refractivity contribution in [1.29, 1.82) is 0 Å². The Balaban J connectivity index is 0.00000128. The van der Waals surface area contributed by atoms with Gasteiger partial charge in [0, 0.05) is 24.7 Å². The van der Waals surface area contributed by atoms with Gasteiger partial charge in [-0.3, -0.25) is 0 Å². The van der Waals surface area contributed by atoms with Gasteiger partial charge < -0.3 is 22.5 Å². The van der Waals surface area contributed by atoms with E-state index < -0.39 is 0 Å². The van der Waals surface area contributed by atoms with Gasteiger partial charge in [-0.1, -0.05) is 23.7 Å². The first-order valence-corrected chi connectivity index (χ1v) is 5.79. The normalized spacial score (nSPS) is 19.4. The molecule has 0 amide bonds. The lowest BCUT2D eigenvalue weighted by Crippen LogP contribution is -3.00. The largest absolute Gasteiger partial charge is 1.00 e. The van der Waals surface area contributed by atoms with Crippen molar-refractivity contribution in [3.05, 3.63) is 34.9 Å². The lowest BCUT2D eigenvalue weighted by molar-refractivity contribution is -0.00000431. The van der Waals surface area contributed by atoms with Gasteiger partial charge in [-0.15, -0.1) is 0 Å². The van der Waals surface area contributed by atoms with Crippen molar-refractivity contribution in [3.63, 3.8) is 0 Å². The molecule has 1 unspecified atom stereocenters. The van der Waals surface area contributed by atoms with Crippen molar-refractivity contribution in [3.8, 4) is 0 Å². The molecule has 1 heterocycles. The highest BCUT2D eigenvalue weighted by atomic mass is 35.5. The lowest BCUT2D eigenvalue weighted by Gasteiger charge is -2.10. The SMILES string of the molecule is Clc1ccc(CNCC2CCCO2)cc1.[Cl-]. The van der Waals surface area contributed by atoms with Crippen LogP contribution in [-0.4, -0.2) is 19.3 Å². The monoisotopic (exact) mass is 260 g/mol. The molecule has 1 aliphatic rings. The summed E-state index contributed by atoms with van der Waals surface area (Å²) in [7, 11) is 0. The van der Waals surface area contributed by atoms with E-state index in [0.29, 0.717) is 6.10 Å². The molecule has 0 aliphatic carbocycles. The third kappa shape index (κ3) is 4.30. The van der Waals surface area contributed by atoms with Crippen molar-refractivity contribution < 1.29 is 17.1 Å². The maximum atomic E-state index is 5.81. The smallest absolute Gasteiger partial charge is 0.0700 e. The topological polar surface area (TPSA) is 21.3 Å². The number of rotatable bonds is 4. The van der Waals surface area contributed by atoms with E-state index in [1.54, 1.807) is 0 Å². The second kappa shape index (κ2) is 7.13. The van der Waals surface area contributed by atoms with Crippen LogP contribution in [-0.2, 0) is 11.3 Å². The third-order valence-electron chi connectivity index (χ3n) is 2.64. The molecule has 1 atom stereocenters. The second-order valence-corrected chi connectivity index (χ2v) is 4.33. The minimum atomic E-state index is 0. The average molecular weight is 261 g/mol. The summed E-state index contributed by atoms with van der Waals surface area (Å²) in [5, 5.41) is 4.18. The van der Waals surface area contributed by atoms with Crippen LogP contribution in [0.15, 0.2) is 24.3 Å². The van der Waals surface area contributed by atoms with Crippen LogP contribution in [0, 0.1) is 0 Å². The van der Waals surface area contributed by atoms with E-state index in [1.807, 2.05) is 24.3 Å². The second-order valence-electron chi connectivity index (χ2n) is 3.89. The van der Waals surface area contributed by atoms with Gasteiger partial charge in [0.2, 0.25) is 0 Å². The fourth-order valence-electron chi connectivity index (χ4n) is 1.79. The maximum absolute atomic E-state index is 5.81. The van der Waals surface area contributed by atoms with Crippen molar-refractivity contribution in [1.82, 2.24) is 5.32 Å². The van der Waals surface area contributed by atoms with Crippen LogP contribution in [0.2, 0.25) is 5.02 Å². The molecule has 2 nitrogen and oxygen atoms in total. The fraction of sp³-hybridized carbons (Fsp3) is 0.500. The summed E-state index contributed by atoms with van der Waals surface area (Å²) >= 11 is 5.81. The number of nitrogens with one attached hydrogen (secondary N) is 1. The zero-order valence-electron chi connectivity index (χ0n) is 9.09. The quantitative estimate of drug-likeness (QED) is 0.797. The number of ether oxygens (including phenoxy) is 1. The highest BCUT2D eigenvalue weighted by Gasteiger charge is 2.14. The van der Waals surface area contributed by atoms with Gasteiger partial charge in [0.25, 0.3) is 0 Å². The first-order chi connectivity index (χ1) is 7.34. The summed E-state index contributed by atoms with van der Waals surface area (Å²) in [6.07, 6.45) is 2.80. The van der Waals surface area contributed by atoms with E-state index in [0.717, 1.165) is 24.7 Å². The lowest BCUT2D eigenvalue weighted by atomic mass is 10.2. The van der Waals surface area contributed by atoms with Crippen LogP contribution in [0.5, 0.6) is 0 Å². The molecule has 1 aliphatic heterocycles. The van der Waals surface area contributed by atoms with Crippen molar-refractivity contribution in [2.75, 3.05) is 13.2 Å². The molecule has 1 N–H and O–H groups in total. The summed E-state index contributed by atoms with van der Waals surface area (Å²) in [4.78, 5) is 0. The summed E-state index contributed by atoms with van der Waals surface area (Å²) in [5.74, 6) is 0. The Labute approximate surface area is 108 Å². The molecule has 0 bridgehead atoms. The fourth-order valence-corrected chi connectivity index (χ4v) is 1.91. The first kappa shape index (κ1) is 13.8. The Hall–Kier alpha value is -0.280. The highest BCUT2D eigenvalue weighted by Crippen LogP contribution is 2.12. The van der Waals surface area contributed by atoms with Gasteiger partial charge in [0.15, 0.2) is 0 Å². The maximum Gasteiger partial charge on any atom is 0.0700 e. The molecule has 4 heteroatoms. The van der Waals surface area contributed by atoms with E-state index >= 15 is 0 Å². The van der Waals surface area contributed by atoms with Gasteiger partial charge in [-0.25, -0.2) is 0 Å². The van der Waals surface area contributed by atoms with Crippen molar-refractivity contribution >= 4 is 11.6 Å². The predicted molar refractivity (Wildman–Crippen MR) is 62.1 cm³/mol. The molecule has 0 aromatic heterocycles. The van der Waals surface area contributed by atoms with Crippen molar-refractivity contribution in [2.24, 2.45) is 0 Å². The molecule has 1 saturated heterocycles. The van der Waals surface area contributed by atoms with E-state index in [-0.39, 0.29) is 12.4 Å². The number of benzene rings is 1. The van der Waals surface area contributed by atoms with Crippen LogP contribution >= 0.6 is 11.6 Å². The predicted octanol–water partition coefficient (Wildman–Crippen LogP) is -0.387. The zero-order chi connectivity index (χ0) is 10.5. The Morgan fingerprint density at radius 3 is 2.69 bits per heavy atom. The molecule has 90 valence electrons. The molecular formula is C12H16Cl2NO-. The molecular weight excluding hydrogens is 245 g/mol. The Morgan fingerprint density at radius 2 is 2.06 bits per heavy atom. The number of hydrogen-bond acceptors (Lipinski definition) is 2. The Morgan fingerprint density at radius 1 is 1.31 bits per heavy atom. The van der Waals surface area contributed by atoms with E-state index in [1.165, 1.54) is 18.4 Å². The molecule has 1 aromatic rings. The summed E-state index contributed by atoms with van der Waals surface area (Å²) in [6.45, 7) is 2.76. The molecule has 16 heavy (non-hydrogen) atoms. The molecule has 0 spiro atoms. The van der Waals surface area contributed by atoms with E-state index in [4.69, 9.17) is 16.3 Å². The Kier molecular flexibility index (Phi) is 6.14. The molecule has 1 aromatic carbocycles. The zero-order valence-corrected chi connectivity index (χ0v) is 10.6. The van der Waals surface area contributed by atoms with E-state index in [9.17, 15) is 0 Å². The first-order valence-electron chi connectivity index (χ1n) is 5.41. The summed E-state index contributed by atoms with van der Waals surface area (Å²) in [6, 6.07) is 7.94. The van der Waals surface area contributed by atoms with Gasteiger partial charge in [0.05, 0.1) is 6.10 Å². The van der Waals surface area contributed by atoms with Crippen LogP contribution in [0.1, 0.15) is 18.4 Å². The Bertz CT molecular complexity index is 296. The molecule has 1 fully saturated rings. The van der Waals surface area contributed by atoms with Gasteiger partial charge in [0.1, 0.15) is 0 Å². The standard InChI is InChI=1S/C12H16ClNO.ClH/c13-11-5-3-10(4-6-11)8-14-9-12-2-1-7-15-12;/h3-6,12,14H,1-2,7-9H2;1H/p-1. The molecule has 0 saturated carbocycles. The van der Waals surface area contributed by atoms with Crippen LogP contribution in [0.25, 0.3) is 0 Å². The summed E-state index contributed by atoms with van der Waals surface area (Å²) < 4.78 is 5.53. The van der Waals surface area contributed by atoms with Crippen LogP contribution in [0.4, 0.5) is 0 Å². The van der Waals surface area contributed by atoms with Gasteiger partial charge in [-0.05, 0) is 30.5 Å². The minimum Gasteiger partial charge on any atom is -1.00 e. The highest BCUT2D eigenvalue weighted by molar-refractivity contribution is 6.30. The van der Waals surface area contributed by atoms with Gasteiger partial charge >= 0.3 is 0 Å². The van der Waals surface area contributed by atoms with Gasteiger partial charge in [-0.2, -0.15) is 0 Å². The van der Waals surface area contributed by atoms with Crippen molar-refractivity contribution in [2.45, 2.75) is 25.5 Å². The number of halogens is 2. The minimum absolute atomic E-state index is 0. The average Bonchev–Trinajstić information content (AvgIpc) is 2.74.